The molecule has 3 heterocycles. The van der Waals surface area contributed by atoms with Crippen LogP contribution in [0.4, 0.5) is 8.78 Å². The Morgan fingerprint density at radius 1 is 1.20 bits per heavy atom. The Morgan fingerprint density at radius 2 is 1.84 bits per heavy atom. The number of ether oxygens (including phenoxy) is 1. The molecule has 3 atom stereocenters. The number of alkyl halides is 2. The lowest BCUT2D eigenvalue weighted by Gasteiger charge is -2.37. The predicted octanol–water partition coefficient (Wildman–Crippen LogP) is 1.72. The molecule has 0 bridgehead atoms. The van der Waals surface area contributed by atoms with Crippen molar-refractivity contribution in [1.82, 2.24) is 15.1 Å². The fourth-order valence-corrected chi connectivity index (χ4v) is 4.38. The third-order valence-corrected chi connectivity index (χ3v) is 5.68. The molecule has 3 saturated heterocycles. The van der Waals surface area contributed by atoms with E-state index in [0.717, 1.165) is 38.9 Å². The molecule has 144 valence electrons. The highest BCUT2D eigenvalue weighted by atomic mass is 19.3. The van der Waals surface area contributed by atoms with Gasteiger partial charge >= 0.3 is 0 Å². The lowest BCUT2D eigenvalue weighted by molar-refractivity contribution is -0.135. The van der Waals surface area contributed by atoms with Gasteiger partial charge in [-0.2, -0.15) is 0 Å². The summed E-state index contributed by atoms with van der Waals surface area (Å²) in [6, 6.07) is -0.706. The minimum atomic E-state index is -2.74. The first-order valence-electron chi connectivity index (χ1n) is 9.60. The second kappa shape index (κ2) is 7.84. The highest BCUT2D eigenvalue weighted by molar-refractivity contribution is 5.82. The van der Waals surface area contributed by atoms with Crippen LogP contribution in [0.1, 0.15) is 39.5 Å². The number of likely N-dealkylation sites (tertiary alicyclic amines) is 1. The van der Waals surface area contributed by atoms with E-state index < -0.39 is 12.0 Å². The van der Waals surface area contributed by atoms with Gasteiger partial charge in [-0.25, -0.2) is 8.78 Å². The van der Waals surface area contributed by atoms with E-state index in [2.05, 4.69) is 24.1 Å². The Labute approximate surface area is 149 Å². The van der Waals surface area contributed by atoms with Gasteiger partial charge in [0.15, 0.2) is 0 Å². The Hall–Kier alpha value is -0.790. The van der Waals surface area contributed by atoms with Crippen molar-refractivity contribution >= 4 is 5.91 Å². The molecule has 0 aromatic carbocycles. The van der Waals surface area contributed by atoms with Crippen molar-refractivity contribution in [2.45, 2.75) is 63.7 Å². The number of carbonyl (C=O) groups excluding carboxylic acids is 1. The van der Waals surface area contributed by atoms with E-state index in [0.29, 0.717) is 31.2 Å². The van der Waals surface area contributed by atoms with Gasteiger partial charge in [-0.15, -0.1) is 0 Å². The van der Waals surface area contributed by atoms with E-state index >= 15 is 0 Å². The summed E-state index contributed by atoms with van der Waals surface area (Å²) in [5.41, 5.74) is 0. The lowest BCUT2D eigenvalue weighted by Crippen LogP contribution is -2.48. The maximum absolute atomic E-state index is 13.3. The van der Waals surface area contributed by atoms with Crippen LogP contribution in [-0.4, -0.2) is 79.1 Å². The zero-order chi connectivity index (χ0) is 18.0. The van der Waals surface area contributed by atoms with E-state index in [-0.39, 0.29) is 18.9 Å². The molecule has 0 aromatic rings. The summed E-state index contributed by atoms with van der Waals surface area (Å²) in [6.45, 7) is 8.31. The molecule has 3 aliphatic rings. The first-order chi connectivity index (χ1) is 11.8. The van der Waals surface area contributed by atoms with Crippen LogP contribution in [0.25, 0.3) is 0 Å². The highest BCUT2D eigenvalue weighted by Gasteiger charge is 2.43. The van der Waals surface area contributed by atoms with Crippen LogP contribution < -0.4 is 5.32 Å². The van der Waals surface area contributed by atoms with Gasteiger partial charge in [-0.1, -0.05) is 0 Å². The number of hydrogen-bond donors (Lipinski definition) is 1. The van der Waals surface area contributed by atoms with Crippen molar-refractivity contribution in [3.8, 4) is 0 Å². The van der Waals surface area contributed by atoms with E-state index in [1.807, 2.05) is 0 Å². The SMILES string of the molecule is CC1CN(CCC2CCN(C(=O)C3CC(F)(F)CN3)CC2)CC(C)O1. The van der Waals surface area contributed by atoms with E-state index in [9.17, 15) is 13.6 Å². The highest BCUT2D eigenvalue weighted by Crippen LogP contribution is 2.28. The third-order valence-electron chi connectivity index (χ3n) is 5.68. The quantitative estimate of drug-likeness (QED) is 0.830. The van der Waals surface area contributed by atoms with Gasteiger partial charge in [-0.3, -0.25) is 15.0 Å². The first kappa shape index (κ1) is 19.0. The fraction of sp³-hybridized carbons (Fsp3) is 0.944. The summed E-state index contributed by atoms with van der Waals surface area (Å²) in [5.74, 6) is -2.27. The van der Waals surface area contributed by atoms with Crippen molar-refractivity contribution in [2.24, 2.45) is 5.92 Å². The molecule has 3 rings (SSSR count). The normalized spacial score (nSPS) is 34.4. The number of nitrogens with zero attached hydrogens (tertiary/aromatic N) is 2. The summed E-state index contributed by atoms with van der Waals surface area (Å²) in [7, 11) is 0. The Kier molecular flexibility index (Phi) is 5.96. The summed E-state index contributed by atoms with van der Waals surface area (Å²) in [4.78, 5) is 16.6. The smallest absolute Gasteiger partial charge is 0.262 e. The minimum absolute atomic E-state index is 0.147. The average molecular weight is 359 g/mol. The molecular weight excluding hydrogens is 328 g/mol. The zero-order valence-electron chi connectivity index (χ0n) is 15.3. The molecule has 7 heteroatoms. The number of piperidine rings is 1. The summed E-state index contributed by atoms with van der Waals surface area (Å²) in [6.07, 6.45) is 3.31. The number of amides is 1. The third kappa shape index (κ3) is 5.11. The van der Waals surface area contributed by atoms with Crippen molar-refractivity contribution in [1.29, 1.82) is 0 Å². The molecule has 3 unspecified atom stereocenters. The maximum Gasteiger partial charge on any atom is 0.262 e. The molecular formula is C18H31F2N3O2. The minimum Gasteiger partial charge on any atom is -0.373 e. The number of halogens is 2. The molecule has 0 aliphatic carbocycles. The average Bonchev–Trinajstić information content (AvgIpc) is 2.92. The standard InChI is InChI=1S/C18H31F2N3O2/c1-13-10-22(11-14(2)25-13)6-3-15-4-7-23(8-5-15)17(24)16-9-18(19,20)12-21-16/h13-16,21H,3-12H2,1-2H3. The molecule has 3 fully saturated rings. The van der Waals surface area contributed by atoms with Gasteiger partial charge in [0, 0.05) is 32.6 Å². The van der Waals surface area contributed by atoms with Crippen LogP contribution in [0, 0.1) is 5.92 Å². The van der Waals surface area contributed by atoms with Crippen LogP contribution in [-0.2, 0) is 9.53 Å². The van der Waals surface area contributed by atoms with Crippen LogP contribution in [0.2, 0.25) is 0 Å². The van der Waals surface area contributed by atoms with E-state index in [1.54, 1.807) is 4.90 Å². The predicted molar refractivity (Wildman–Crippen MR) is 91.7 cm³/mol. The number of morpholine rings is 1. The van der Waals surface area contributed by atoms with Gasteiger partial charge in [0.2, 0.25) is 5.91 Å². The molecule has 0 spiro atoms. The Balaban J connectivity index is 1.38. The van der Waals surface area contributed by atoms with E-state index in [4.69, 9.17) is 4.74 Å². The largest absolute Gasteiger partial charge is 0.373 e. The maximum atomic E-state index is 13.3. The summed E-state index contributed by atoms with van der Waals surface area (Å²) < 4.78 is 32.3. The van der Waals surface area contributed by atoms with Crippen LogP contribution in [0.5, 0.6) is 0 Å². The second-order valence-electron chi connectivity index (χ2n) is 8.07. The molecule has 1 N–H and O–H groups in total. The van der Waals surface area contributed by atoms with Crippen molar-refractivity contribution in [3.05, 3.63) is 0 Å². The fourth-order valence-electron chi connectivity index (χ4n) is 4.38. The Bertz CT molecular complexity index is 459. The van der Waals surface area contributed by atoms with Crippen molar-refractivity contribution < 1.29 is 18.3 Å². The molecule has 0 saturated carbocycles. The first-order valence-corrected chi connectivity index (χ1v) is 9.60. The van der Waals surface area contributed by atoms with Gasteiger partial charge in [0.1, 0.15) is 0 Å². The second-order valence-corrected chi connectivity index (χ2v) is 8.07. The number of nitrogens with one attached hydrogen (secondary N) is 1. The molecule has 5 nitrogen and oxygen atoms in total. The molecule has 1 amide bonds. The van der Waals surface area contributed by atoms with E-state index in [1.165, 1.54) is 0 Å². The molecule has 3 aliphatic heterocycles. The van der Waals surface area contributed by atoms with Gasteiger partial charge in [0.25, 0.3) is 5.92 Å². The van der Waals surface area contributed by atoms with Crippen LogP contribution in [0.3, 0.4) is 0 Å². The number of hydrogen-bond acceptors (Lipinski definition) is 4. The topological polar surface area (TPSA) is 44.8 Å². The number of carbonyl (C=O) groups is 1. The van der Waals surface area contributed by atoms with Crippen molar-refractivity contribution in [2.75, 3.05) is 39.3 Å². The lowest BCUT2D eigenvalue weighted by atomic mass is 9.92. The van der Waals surface area contributed by atoms with Gasteiger partial charge in [-0.05, 0) is 45.6 Å². The van der Waals surface area contributed by atoms with Crippen LogP contribution >= 0.6 is 0 Å². The molecule has 0 aromatic heterocycles. The molecule has 25 heavy (non-hydrogen) atoms. The Morgan fingerprint density at radius 3 is 2.40 bits per heavy atom. The van der Waals surface area contributed by atoms with Crippen molar-refractivity contribution in [3.63, 3.8) is 0 Å². The molecule has 0 radical (unpaired) electrons. The number of rotatable bonds is 4. The summed E-state index contributed by atoms with van der Waals surface area (Å²) >= 11 is 0. The van der Waals surface area contributed by atoms with Gasteiger partial charge < -0.3 is 9.64 Å². The zero-order valence-corrected chi connectivity index (χ0v) is 15.3. The summed E-state index contributed by atoms with van der Waals surface area (Å²) in [5, 5.41) is 2.67. The monoisotopic (exact) mass is 359 g/mol. The van der Waals surface area contributed by atoms with Gasteiger partial charge in [0.05, 0.1) is 24.8 Å². The van der Waals surface area contributed by atoms with Crippen LogP contribution in [0.15, 0.2) is 0 Å².